The number of nitrogens with zero attached hydrogens (tertiary/aromatic N) is 2. The highest BCUT2D eigenvalue weighted by atomic mass is 35.5. The lowest BCUT2D eigenvalue weighted by molar-refractivity contribution is 0.0507. The minimum absolute atomic E-state index is 0. The number of likely N-dealkylation sites (tertiary alicyclic amines) is 2. The first kappa shape index (κ1) is 34.6. The van der Waals surface area contributed by atoms with Crippen LogP contribution < -0.4 is 10.5 Å². The van der Waals surface area contributed by atoms with Crippen molar-refractivity contribution in [3.8, 4) is 5.75 Å². The Bertz CT molecular complexity index is 1470. The predicted molar refractivity (Wildman–Crippen MR) is 170 cm³/mol. The molecule has 9 nitrogen and oxygen atoms in total. The molecule has 2 fully saturated rings. The number of nitrogens with two attached hydrogens (primary N) is 1. The molecule has 236 valence electrons. The number of furan rings is 1. The number of hydrogen-bond donors (Lipinski definition) is 4. The number of carbonyl (C=O) groups is 1. The van der Waals surface area contributed by atoms with Gasteiger partial charge in [-0.15, -0.1) is 24.8 Å². The van der Waals surface area contributed by atoms with E-state index in [2.05, 4.69) is 21.7 Å². The van der Waals surface area contributed by atoms with Crippen molar-refractivity contribution in [1.82, 2.24) is 14.8 Å². The maximum atomic E-state index is 13.2. The van der Waals surface area contributed by atoms with E-state index in [4.69, 9.17) is 20.0 Å². The average Bonchev–Trinajstić information content (AvgIpc) is 3.58. The molecule has 0 radical (unpaired) electrons. The molecule has 4 aromatic rings. The maximum absolute atomic E-state index is 13.2. The smallest absolute Gasteiger partial charge is 0.352 e. The lowest BCUT2D eigenvalue weighted by atomic mass is 10.0. The summed E-state index contributed by atoms with van der Waals surface area (Å²) in [7, 11) is 0. The molecule has 0 spiro atoms. The summed E-state index contributed by atoms with van der Waals surface area (Å²) in [6.45, 7) is 8.11. The van der Waals surface area contributed by atoms with E-state index < -0.39 is 5.97 Å². The third-order valence-corrected chi connectivity index (χ3v) is 8.13. The number of halogens is 3. The van der Waals surface area contributed by atoms with Crippen LogP contribution in [0, 0.1) is 5.82 Å². The Kier molecular flexibility index (Phi) is 12.7. The number of carboxylic acids is 1. The fraction of sp³-hybridized carbons (Fsp3) is 0.452. The first-order valence-electron chi connectivity index (χ1n) is 14.3. The number of carboxylic acid groups (broad SMARTS) is 1. The highest BCUT2D eigenvalue weighted by Crippen LogP contribution is 2.29. The number of H-pyrrole nitrogens is 1. The van der Waals surface area contributed by atoms with E-state index in [1.165, 1.54) is 24.5 Å². The van der Waals surface area contributed by atoms with E-state index in [1.54, 1.807) is 24.3 Å². The van der Waals surface area contributed by atoms with Gasteiger partial charge in [0.25, 0.3) is 0 Å². The van der Waals surface area contributed by atoms with Crippen molar-refractivity contribution < 1.29 is 28.6 Å². The van der Waals surface area contributed by atoms with E-state index in [-0.39, 0.29) is 49.0 Å². The summed E-state index contributed by atoms with van der Waals surface area (Å²) in [5, 5.41) is 20.1. The molecule has 6 rings (SSSR count). The summed E-state index contributed by atoms with van der Waals surface area (Å²) in [6, 6.07) is 12.2. The average molecular weight is 640 g/mol. The number of aromatic amines is 1. The Labute approximate surface area is 263 Å². The van der Waals surface area contributed by atoms with Gasteiger partial charge < -0.3 is 35.0 Å². The van der Waals surface area contributed by atoms with Gasteiger partial charge in [0.2, 0.25) is 0 Å². The molecule has 2 aromatic heterocycles. The summed E-state index contributed by atoms with van der Waals surface area (Å²) < 4.78 is 24.4. The minimum Gasteiger partial charge on any atom is -0.488 e. The summed E-state index contributed by atoms with van der Waals surface area (Å²) in [6.07, 6.45) is 5.64. The fourth-order valence-electron chi connectivity index (χ4n) is 5.64. The fourth-order valence-corrected chi connectivity index (χ4v) is 5.64. The molecule has 4 heterocycles. The van der Waals surface area contributed by atoms with Gasteiger partial charge in [-0.2, -0.15) is 0 Å². The van der Waals surface area contributed by atoms with E-state index in [0.717, 1.165) is 69.4 Å². The molecule has 12 heteroatoms. The van der Waals surface area contributed by atoms with Crippen LogP contribution in [0.3, 0.4) is 0 Å². The van der Waals surface area contributed by atoms with Crippen LogP contribution in [0.4, 0.5) is 4.39 Å². The number of nitrogens with one attached hydrogen (secondary N) is 1. The highest BCUT2D eigenvalue weighted by molar-refractivity contribution is 5.96. The second-order valence-corrected chi connectivity index (χ2v) is 11.1. The van der Waals surface area contributed by atoms with Gasteiger partial charge in [0.1, 0.15) is 29.5 Å². The molecule has 0 aliphatic carbocycles. The van der Waals surface area contributed by atoms with Crippen LogP contribution in [0.25, 0.3) is 21.9 Å². The molecule has 2 saturated heterocycles. The molecule has 0 unspecified atom stereocenters. The zero-order valence-corrected chi connectivity index (χ0v) is 25.8. The Morgan fingerprint density at radius 3 is 2.51 bits per heavy atom. The van der Waals surface area contributed by atoms with Crippen LogP contribution in [-0.2, 0) is 6.61 Å². The largest absolute Gasteiger partial charge is 0.488 e. The second-order valence-electron chi connectivity index (χ2n) is 11.1. The van der Waals surface area contributed by atoms with E-state index in [9.17, 15) is 14.3 Å². The van der Waals surface area contributed by atoms with Crippen molar-refractivity contribution >= 4 is 52.7 Å². The molecule has 2 aliphatic rings. The van der Waals surface area contributed by atoms with Crippen LogP contribution >= 0.6 is 24.8 Å². The van der Waals surface area contributed by atoms with Crippen molar-refractivity contribution in [1.29, 1.82) is 0 Å². The second kappa shape index (κ2) is 15.7. The number of rotatable bonds is 7. The topological polar surface area (TPSA) is 128 Å². The number of fused-ring (bicyclic) bond motifs is 2. The van der Waals surface area contributed by atoms with E-state index in [0.29, 0.717) is 34.3 Å². The third kappa shape index (κ3) is 8.84. The standard InChI is InChI=1S/C18H12FNO4.C13H27N3O.2ClH/c19-11-4-5-12-10(9-24-17(12)6-11)8-23-16-3-1-2-14-13(16)7-15(20-14)18(21)22;1-11(16-8-4-13(17)5-9-16)10-15-6-2-12(14)3-7-15;;/h1-7,9,20H,8H2,(H,21,22);11-13,17H,2-10,14H2,1H3;2*1H/t;11-;;/m.0../s1. The van der Waals surface area contributed by atoms with Crippen LogP contribution in [-0.4, -0.2) is 81.9 Å². The SMILES string of the molecule is C[C@@H](CN1CCC(N)CC1)N1CCC(O)CC1.Cl.Cl.O=C(O)c1cc2c(OCc3coc4cc(F)ccc34)cccc2[nH]1. The molecule has 2 aliphatic heterocycles. The number of aliphatic hydroxyl groups is 1. The summed E-state index contributed by atoms with van der Waals surface area (Å²) >= 11 is 0. The molecule has 0 amide bonds. The van der Waals surface area contributed by atoms with Gasteiger partial charge >= 0.3 is 5.97 Å². The minimum atomic E-state index is -1.03. The van der Waals surface area contributed by atoms with Crippen LogP contribution in [0.1, 0.15) is 48.7 Å². The molecule has 0 saturated carbocycles. The van der Waals surface area contributed by atoms with Crippen LogP contribution in [0.2, 0.25) is 0 Å². The summed E-state index contributed by atoms with van der Waals surface area (Å²) in [4.78, 5) is 19.0. The molecule has 2 aromatic carbocycles. The van der Waals surface area contributed by atoms with Crippen molar-refractivity contribution in [3.63, 3.8) is 0 Å². The van der Waals surface area contributed by atoms with Crippen LogP contribution in [0.5, 0.6) is 5.75 Å². The number of piperidine rings is 2. The maximum Gasteiger partial charge on any atom is 0.352 e. The zero-order chi connectivity index (χ0) is 28.9. The first-order valence-corrected chi connectivity index (χ1v) is 14.3. The van der Waals surface area contributed by atoms with Gasteiger partial charge in [-0.25, -0.2) is 9.18 Å². The van der Waals surface area contributed by atoms with Gasteiger partial charge in [-0.05, 0) is 76.0 Å². The Morgan fingerprint density at radius 1 is 1.09 bits per heavy atom. The van der Waals surface area contributed by atoms with Crippen molar-refractivity contribution in [3.05, 3.63) is 65.8 Å². The number of benzene rings is 2. The van der Waals surface area contributed by atoms with E-state index in [1.807, 2.05) is 0 Å². The molecular weight excluding hydrogens is 598 g/mol. The van der Waals surface area contributed by atoms with Gasteiger partial charge in [0.15, 0.2) is 0 Å². The highest BCUT2D eigenvalue weighted by Gasteiger charge is 2.24. The van der Waals surface area contributed by atoms with Gasteiger partial charge in [-0.1, -0.05) is 6.07 Å². The number of aromatic nitrogens is 1. The Morgan fingerprint density at radius 2 is 1.81 bits per heavy atom. The molecule has 5 N–H and O–H groups in total. The number of ether oxygens (including phenoxy) is 1. The Hall–Kier alpha value is -2.86. The molecule has 1 atom stereocenters. The van der Waals surface area contributed by atoms with Gasteiger partial charge in [0.05, 0.1) is 12.4 Å². The molecule has 43 heavy (non-hydrogen) atoms. The lowest BCUT2D eigenvalue weighted by Crippen LogP contribution is -2.49. The number of hydrogen-bond acceptors (Lipinski definition) is 7. The van der Waals surface area contributed by atoms with Crippen LogP contribution in [0.15, 0.2) is 53.1 Å². The molecular formula is C31H41Cl2FN4O5. The van der Waals surface area contributed by atoms with Gasteiger partial charge in [-0.3, -0.25) is 4.90 Å². The zero-order valence-electron chi connectivity index (χ0n) is 24.2. The van der Waals surface area contributed by atoms with Crippen molar-refractivity contribution in [2.45, 2.75) is 57.4 Å². The normalized spacial score (nSPS) is 17.5. The molecule has 0 bridgehead atoms. The lowest BCUT2D eigenvalue weighted by Gasteiger charge is -2.38. The monoisotopic (exact) mass is 638 g/mol. The number of aromatic carboxylic acids is 1. The van der Waals surface area contributed by atoms with Crippen molar-refractivity contribution in [2.24, 2.45) is 5.73 Å². The van der Waals surface area contributed by atoms with E-state index >= 15 is 0 Å². The quantitative estimate of drug-likeness (QED) is 0.211. The van der Waals surface area contributed by atoms with Gasteiger partial charge in [0, 0.05) is 59.6 Å². The first-order chi connectivity index (χ1) is 19.8. The summed E-state index contributed by atoms with van der Waals surface area (Å²) in [5.74, 6) is -0.824. The summed E-state index contributed by atoms with van der Waals surface area (Å²) in [5.41, 5.74) is 7.96. The predicted octanol–water partition coefficient (Wildman–Crippen LogP) is 5.43. The number of aliphatic hydroxyl groups excluding tert-OH is 1. The third-order valence-electron chi connectivity index (χ3n) is 8.13. The van der Waals surface area contributed by atoms with Crippen molar-refractivity contribution in [2.75, 3.05) is 32.7 Å². The Balaban J connectivity index is 0.000000238.